The van der Waals surface area contributed by atoms with E-state index in [-0.39, 0.29) is 5.82 Å². The number of aromatic amines is 2. The monoisotopic (exact) mass is 449 g/mol. The van der Waals surface area contributed by atoms with Gasteiger partial charge in [-0.1, -0.05) is 30.3 Å². The molecule has 166 valence electrons. The molecule has 0 aliphatic heterocycles. The molecule has 0 radical (unpaired) electrons. The van der Waals surface area contributed by atoms with E-state index < -0.39 is 0 Å². The van der Waals surface area contributed by atoms with Crippen LogP contribution in [0.1, 0.15) is 11.1 Å². The fourth-order valence-electron chi connectivity index (χ4n) is 4.08. The SMILES string of the molecule is Fc1cc2[nH]nc(-c3nc4ncccc4[nH]3)c2cc1-c1cncc(CNCc2ccccc2)c1. The van der Waals surface area contributed by atoms with Crippen LogP contribution in [0.5, 0.6) is 0 Å². The van der Waals surface area contributed by atoms with Crippen LogP contribution in [-0.2, 0) is 13.1 Å². The summed E-state index contributed by atoms with van der Waals surface area (Å²) in [6, 6.07) is 19.1. The Hall–Kier alpha value is -4.43. The molecule has 6 rings (SSSR count). The third kappa shape index (κ3) is 3.80. The first-order valence-corrected chi connectivity index (χ1v) is 10.9. The highest BCUT2D eigenvalue weighted by Crippen LogP contribution is 2.32. The van der Waals surface area contributed by atoms with E-state index in [1.807, 2.05) is 36.4 Å². The van der Waals surface area contributed by atoms with Gasteiger partial charge in [-0.3, -0.25) is 10.1 Å². The molecule has 0 aliphatic rings. The third-order valence-corrected chi connectivity index (χ3v) is 5.74. The van der Waals surface area contributed by atoms with Crippen molar-refractivity contribution in [3.8, 4) is 22.6 Å². The Bertz CT molecular complexity index is 1570. The number of pyridine rings is 2. The van der Waals surface area contributed by atoms with E-state index in [9.17, 15) is 0 Å². The lowest BCUT2D eigenvalue weighted by Gasteiger charge is -2.08. The van der Waals surface area contributed by atoms with E-state index in [0.29, 0.717) is 40.4 Å². The first-order valence-electron chi connectivity index (χ1n) is 10.9. The third-order valence-electron chi connectivity index (χ3n) is 5.74. The van der Waals surface area contributed by atoms with Crippen molar-refractivity contribution in [1.29, 1.82) is 0 Å². The van der Waals surface area contributed by atoms with Crippen LogP contribution in [0.2, 0.25) is 0 Å². The maximum atomic E-state index is 15.1. The smallest absolute Gasteiger partial charge is 0.178 e. The Morgan fingerprint density at radius 3 is 2.65 bits per heavy atom. The number of rotatable bonds is 6. The molecule has 0 saturated carbocycles. The number of hydrogen-bond donors (Lipinski definition) is 3. The first kappa shape index (κ1) is 20.2. The van der Waals surface area contributed by atoms with E-state index in [0.717, 1.165) is 23.0 Å². The second-order valence-corrected chi connectivity index (χ2v) is 8.08. The molecule has 6 aromatic rings. The zero-order chi connectivity index (χ0) is 22.9. The van der Waals surface area contributed by atoms with E-state index >= 15 is 4.39 Å². The van der Waals surface area contributed by atoms with Crippen molar-refractivity contribution < 1.29 is 4.39 Å². The Kier molecular flexibility index (Phi) is 5.04. The van der Waals surface area contributed by atoms with Gasteiger partial charge in [0.2, 0.25) is 0 Å². The van der Waals surface area contributed by atoms with Crippen LogP contribution in [0, 0.1) is 5.82 Å². The van der Waals surface area contributed by atoms with Gasteiger partial charge in [-0.2, -0.15) is 5.10 Å². The Balaban J connectivity index is 1.32. The predicted molar refractivity (Wildman–Crippen MR) is 129 cm³/mol. The number of nitrogens with one attached hydrogen (secondary N) is 3. The van der Waals surface area contributed by atoms with Crippen molar-refractivity contribution in [1.82, 2.24) is 35.5 Å². The van der Waals surface area contributed by atoms with Crippen molar-refractivity contribution in [2.45, 2.75) is 13.1 Å². The largest absolute Gasteiger partial charge is 0.335 e. The summed E-state index contributed by atoms with van der Waals surface area (Å²) in [5.41, 5.74) is 5.98. The zero-order valence-electron chi connectivity index (χ0n) is 18.1. The topological polar surface area (TPSA) is 95.2 Å². The number of imidazole rings is 1. The lowest BCUT2D eigenvalue weighted by Crippen LogP contribution is -2.12. The molecule has 3 N–H and O–H groups in total. The van der Waals surface area contributed by atoms with Crippen LogP contribution >= 0.6 is 0 Å². The molecule has 0 bridgehead atoms. The molecule has 0 aliphatic carbocycles. The zero-order valence-corrected chi connectivity index (χ0v) is 18.1. The van der Waals surface area contributed by atoms with Crippen molar-refractivity contribution in [3.05, 3.63) is 96.2 Å². The van der Waals surface area contributed by atoms with Crippen LogP contribution in [-0.4, -0.2) is 30.1 Å². The van der Waals surface area contributed by atoms with E-state index in [4.69, 9.17) is 0 Å². The summed E-state index contributed by atoms with van der Waals surface area (Å²) in [6.07, 6.45) is 5.16. The molecule has 7 nitrogen and oxygen atoms in total. The van der Waals surface area contributed by atoms with Gasteiger partial charge in [0.1, 0.15) is 11.5 Å². The first-order chi connectivity index (χ1) is 16.7. The minimum atomic E-state index is -0.342. The fraction of sp³-hybridized carbons (Fsp3) is 0.0769. The molecule has 0 atom stereocenters. The average Bonchev–Trinajstić information content (AvgIpc) is 3.48. The van der Waals surface area contributed by atoms with Gasteiger partial charge in [-0.25, -0.2) is 14.4 Å². The Morgan fingerprint density at radius 1 is 0.882 bits per heavy atom. The summed E-state index contributed by atoms with van der Waals surface area (Å²) < 4.78 is 15.1. The number of halogens is 1. The number of fused-ring (bicyclic) bond motifs is 2. The molecule has 0 saturated heterocycles. The minimum absolute atomic E-state index is 0.342. The van der Waals surface area contributed by atoms with Gasteiger partial charge in [0.05, 0.1) is 11.0 Å². The second-order valence-electron chi connectivity index (χ2n) is 8.08. The Morgan fingerprint density at radius 2 is 1.76 bits per heavy atom. The molecule has 34 heavy (non-hydrogen) atoms. The molecule has 4 aromatic heterocycles. The van der Waals surface area contributed by atoms with Gasteiger partial charge < -0.3 is 10.3 Å². The van der Waals surface area contributed by atoms with Crippen LogP contribution in [0.15, 0.2) is 79.3 Å². The normalized spacial score (nSPS) is 11.4. The summed E-state index contributed by atoms with van der Waals surface area (Å²) in [6.45, 7) is 1.37. The van der Waals surface area contributed by atoms with Crippen molar-refractivity contribution in [2.24, 2.45) is 0 Å². The predicted octanol–water partition coefficient (Wildman–Crippen LogP) is 4.99. The molecule has 0 unspecified atom stereocenters. The molecule has 0 fully saturated rings. The second kappa shape index (κ2) is 8.49. The Labute approximate surface area is 194 Å². The van der Waals surface area contributed by atoms with Crippen LogP contribution < -0.4 is 5.32 Å². The van der Waals surface area contributed by atoms with E-state index in [2.05, 4.69) is 47.6 Å². The van der Waals surface area contributed by atoms with Crippen LogP contribution in [0.4, 0.5) is 4.39 Å². The van der Waals surface area contributed by atoms with Crippen molar-refractivity contribution in [3.63, 3.8) is 0 Å². The molecule has 2 aromatic carbocycles. The highest BCUT2D eigenvalue weighted by molar-refractivity contribution is 5.95. The van der Waals surface area contributed by atoms with Gasteiger partial charge in [0.25, 0.3) is 0 Å². The maximum Gasteiger partial charge on any atom is 0.178 e. The number of H-pyrrole nitrogens is 2. The maximum absolute atomic E-state index is 15.1. The highest BCUT2D eigenvalue weighted by atomic mass is 19.1. The minimum Gasteiger partial charge on any atom is -0.335 e. The van der Waals surface area contributed by atoms with Crippen molar-refractivity contribution in [2.75, 3.05) is 0 Å². The molecule has 8 heteroatoms. The fourth-order valence-corrected chi connectivity index (χ4v) is 4.08. The highest BCUT2D eigenvalue weighted by Gasteiger charge is 2.17. The summed E-state index contributed by atoms with van der Waals surface area (Å²) in [4.78, 5) is 16.4. The summed E-state index contributed by atoms with van der Waals surface area (Å²) in [5.74, 6) is 0.236. The molecule has 4 heterocycles. The molecule has 0 spiro atoms. The van der Waals surface area contributed by atoms with Crippen LogP contribution in [0.25, 0.3) is 44.7 Å². The average molecular weight is 449 g/mol. The van der Waals surface area contributed by atoms with Crippen molar-refractivity contribution >= 4 is 22.1 Å². The van der Waals surface area contributed by atoms with Gasteiger partial charge in [0, 0.05) is 54.3 Å². The standard InChI is InChI=1S/C26H20FN7/c27-21-11-23-20(24(34-33-23)26-31-22-7-4-8-30-25(22)32-26)10-19(21)18-9-17(14-29-15-18)13-28-12-16-5-2-1-3-6-16/h1-11,14-15,28H,12-13H2,(H,33,34)(H,30,31,32). The quantitative estimate of drug-likeness (QED) is 0.333. The lowest BCUT2D eigenvalue weighted by molar-refractivity contribution is 0.632. The van der Waals surface area contributed by atoms with E-state index in [1.165, 1.54) is 11.6 Å². The molecular weight excluding hydrogens is 429 g/mol. The summed E-state index contributed by atoms with van der Waals surface area (Å²) in [7, 11) is 0. The van der Waals surface area contributed by atoms with Crippen LogP contribution in [0.3, 0.4) is 0 Å². The van der Waals surface area contributed by atoms with Gasteiger partial charge in [-0.05, 0) is 35.4 Å². The molecular formula is C26H20FN7. The summed E-state index contributed by atoms with van der Waals surface area (Å²) >= 11 is 0. The van der Waals surface area contributed by atoms with Gasteiger partial charge in [-0.15, -0.1) is 0 Å². The van der Waals surface area contributed by atoms with Gasteiger partial charge >= 0.3 is 0 Å². The number of nitrogens with zero attached hydrogens (tertiary/aromatic N) is 4. The lowest BCUT2D eigenvalue weighted by atomic mass is 10.0. The number of aromatic nitrogens is 6. The number of benzene rings is 2. The van der Waals surface area contributed by atoms with E-state index in [1.54, 1.807) is 24.7 Å². The molecule has 0 amide bonds. The summed E-state index contributed by atoms with van der Waals surface area (Å²) in [5, 5.41) is 11.5. The number of hydrogen-bond acceptors (Lipinski definition) is 5. The van der Waals surface area contributed by atoms with Gasteiger partial charge in [0.15, 0.2) is 11.5 Å².